The van der Waals surface area contributed by atoms with Crippen LogP contribution in [-0.4, -0.2) is 55.6 Å². The number of anilines is 4. The molecular weight excluding hydrogens is 730 g/mol. The highest BCUT2D eigenvalue weighted by atomic mass is 32.1. The number of hydrogen-bond acceptors (Lipinski definition) is 7. The fraction of sp³-hybridized carbons (Fsp3) is 0.231. The number of fused-ring (bicyclic) bond motifs is 3. The molecule has 276 valence electrons. The molecule has 3 aliphatic rings. The Balaban J connectivity index is 1.02. The number of aromatic nitrogens is 1. The van der Waals surface area contributed by atoms with Gasteiger partial charge in [-0.15, -0.1) is 11.3 Å². The molecule has 3 aliphatic heterocycles. The zero-order valence-corrected chi connectivity index (χ0v) is 29.2. The number of nitrogens with zero attached hydrogens (tertiary/aromatic N) is 3. The average Bonchev–Trinajstić information content (AvgIpc) is 3.52. The van der Waals surface area contributed by atoms with Gasteiger partial charge in [-0.1, -0.05) is 6.07 Å². The van der Waals surface area contributed by atoms with E-state index in [0.717, 1.165) is 68.3 Å². The van der Waals surface area contributed by atoms with Crippen molar-refractivity contribution in [3.8, 4) is 10.4 Å². The summed E-state index contributed by atoms with van der Waals surface area (Å²) in [4.78, 5) is 48.1. The smallest absolute Gasteiger partial charge is 0.265 e. The van der Waals surface area contributed by atoms with E-state index in [2.05, 4.69) is 20.5 Å². The lowest BCUT2D eigenvalue weighted by molar-refractivity contribution is -0.000510. The second-order valence-electron chi connectivity index (χ2n) is 13.5. The van der Waals surface area contributed by atoms with Gasteiger partial charge in [-0.05, 0) is 79.4 Å². The van der Waals surface area contributed by atoms with Gasteiger partial charge in [-0.25, -0.2) is 26.9 Å². The molecule has 3 amide bonds. The van der Waals surface area contributed by atoms with Gasteiger partial charge < -0.3 is 25.2 Å². The van der Waals surface area contributed by atoms with Crippen LogP contribution in [0.25, 0.3) is 10.4 Å². The molecule has 2 saturated heterocycles. The largest absolute Gasteiger partial charge is 0.381 e. The van der Waals surface area contributed by atoms with E-state index in [-0.39, 0.29) is 39.4 Å². The number of nitrogens with one attached hydrogen (secondary N) is 2. The quantitative estimate of drug-likeness (QED) is 0.135. The summed E-state index contributed by atoms with van der Waals surface area (Å²) < 4.78 is 79.0. The monoisotopic (exact) mass is 759 g/mol. The van der Waals surface area contributed by atoms with Crippen LogP contribution < -0.4 is 20.4 Å². The van der Waals surface area contributed by atoms with Crippen LogP contribution in [0.2, 0.25) is 0 Å². The number of carbonyl (C=O) groups excluding carboxylic acids is 3. The number of amides is 3. The molecule has 2 N–H and O–H groups in total. The second kappa shape index (κ2) is 14.0. The van der Waals surface area contributed by atoms with E-state index < -0.39 is 58.1 Å². The molecule has 5 heterocycles. The Morgan fingerprint density at radius 2 is 1.54 bits per heavy atom. The highest BCUT2D eigenvalue weighted by Crippen LogP contribution is 2.45. The fourth-order valence-corrected chi connectivity index (χ4v) is 8.37. The first-order valence-electron chi connectivity index (χ1n) is 17.1. The number of benzene rings is 3. The van der Waals surface area contributed by atoms with Gasteiger partial charge in [-0.2, -0.15) is 0 Å². The van der Waals surface area contributed by atoms with E-state index in [1.54, 1.807) is 18.3 Å². The molecule has 0 radical (unpaired) electrons. The molecule has 2 aromatic heterocycles. The highest BCUT2D eigenvalue weighted by molar-refractivity contribution is 7.17. The van der Waals surface area contributed by atoms with Gasteiger partial charge >= 0.3 is 0 Å². The van der Waals surface area contributed by atoms with Crippen molar-refractivity contribution < 1.29 is 41.1 Å². The van der Waals surface area contributed by atoms with Gasteiger partial charge in [0.25, 0.3) is 17.7 Å². The Hall–Kier alpha value is -5.67. The maximum Gasteiger partial charge on any atom is 0.265 e. The number of rotatable bonds is 6. The van der Waals surface area contributed by atoms with Crippen molar-refractivity contribution in [2.45, 2.75) is 19.3 Å². The minimum atomic E-state index is -1.77. The van der Waals surface area contributed by atoms with Crippen molar-refractivity contribution in [3.63, 3.8) is 0 Å². The van der Waals surface area contributed by atoms with Crippen LogP contribution in [0.4, 0.5) is 44.8 Å². The molecule has 54 heavy (non-hydrogen) atoms. The van der Waals surface area contributed by atoms with E-state index in [4.69, 9.17) is 4.74 Å². The van der Waals surface area contributed by atoms with Crippen molar-refractivity contribution in [2.75, 3.05) is 53.3 Å². The standard InChI is InChI=1S/C39H30F5N5O4S/c40-25-4-1-5-26(41)33(25)47-37(51)29-17-22-10-14-49(28-18-27(42)31(43)32(44)30(28)34(22)54-29)38(52)21-6-8-23(9-7-21)46-36(50)24-3-2-13-45-35(24)48-19-39(20-48)11-15-53-16-12-39/h1-9,13,17-18H,10-12,14-16,19-20H2,(H,46,50)(H,47,51). The van der Waals surface area contributed by atoms with Crippen LogP contribution in [-0.2, 0) is 11.2 Å². The van der Waals surface area contributed by atoms with Gasteiger partial charge in [0.15, 0.2) is 17.5 Å². The van der Waals surface area contributed by atoms with Crippen molar-refractivity contribution in [1.29, 1.82) is 0 Å². The van der Waals surface area contributed by atoms with Crippen LogP contribution in [0, 0.1) is 34.5 Å². The van der Waals surface area contributed by atoms with Crippen molar-refractivity contribution in [3.05, 3.63) is 124 Å². The number of hydrogen-bond donors (Lipinski definition) is 2. The average molecular weight is 760 g/mol. The topological polar surface area (TPSA) is 104 Å². The van der Waals surface area contributed by atoms with Crippen LogP contribution >= 0.6 is 11.3 Å². The predicted octanol–water partition coefficient (Wildman–Crippen LogP) is 7.83. The Bertz CT molecular complexity index is 2300. The normalized spacial score (nSPS) is 15.9. The summed E-state index contributed by atoms with van der Waals surface area (Å²) in [6, 6.07) is 14.5. The Morgan fingerprint density at radius 3 is 2.26 bits per heavy atom. The molecule has 3 aromatic carbocycles. The minimum Gasteiger partial charge on any atom is -0.381 e. The molecule has 0 saturated carbocycles. The van der Waals surface area contributed by atoms with Crippen LogP contribution in [0.5, 0.6) is 0 Å². The lowest BCUT2D eigenvalue weighted by atomic mass is 9.73. The summed E-state index contributed by atoms with van der Waals surface area (Å²) >= 11 is 0.711. The van der Waals surface area contributed by atoms with E-state index in [1.165, 1.54) is 30.3 Å². The Kier molecular flexibility index (Phi) is 9.14. The van der Waals surface area contributed by atoms with Crippen molar-refractivity contribution in [1.82, 2.24) is 4.98 Å². The van der Waals surface area contributed by atoms with Crippen LogP contribution in [0.3, 0.4) is 0 Å². The summed E-state index contributed by atoms with van der Waals surface area (Å²) in [7, 11) is 0. The third kappa shape index (κ3) is 6.36. The number of pyridine rings is 1. The second-order valence-corrected chi connectivity index (χ2v) is 14.5. The summed E-state index contributed by atoms with van der Waals surface area (Å²) in [6.07, 6.45) is 3.61. The maximum absolute atomic E-state index is 15.6. The molecule has 0 bridgehead atoms. The SMILES string of the molecule is O=C(Nc1c(F)cccc1F)c1cc2c(s1)-c1c(cc(F)c(F)c1F)N(C(=O)c1ccc(NC(=O)c3cccnc3N3CC4(CCOCC4)C3)cc1)CC2. The molecule has 1 spiro atoms. The van der Waals surface area contributed by atoms with Gasteiger partial charge in [0.05, 0.1) is 21.7 Å². The number of para-hydroxylation sites is 1. The summed E-state index contributed by atoms with van der Waals surface area (Å²) in [5.41, 5.74) is 0.0313. The molecule has 2 fully saturated rings. The van der Waals surface area contributed by atoms with Crippen molar-refractivity contribution in [2.24, 2.45) is 5.41 Å². The van der Waals surface area contributed by atoms with Crippen molar-refractivity contribution >= 4 is 51.9 Å². The van der Waals surface area contributed by atoms with Gasteiger partial charge in [-0.3, -0.25) is 14.4 Å². The van der Waals surface area contributed by atoms with Gasteiger partial charge in [0.1, 0.15) is 23.1 Å². The highest BCUT2D eigenvalue weighted by Gasteiger charge is 2.45. The van der Waals surface area contributed by atoms with E-state index in [0.29, 0.717) is 34.0 Å². The molecule has 0 aliphatic carbocycles. The zero-order valence-electron chi connectivity index (χ0n) is 28.4. The first kappa shape index (κ1) is 35.4. The summed E-state index contributed by atoms with van der Waals surface area (Å²) in [5.74, 6) is -8.23. The number of ether oxygens (including phenoxy) is 1. The molecule has 8 rings (SSSR count). The van der Waals surface area contributed by atoms with E-state index in [1.807, 2.05) is 0 Å². The van der Waals surface area contributed by atoms with Gasteiger partial charge in [0.2, 0.25) is 0 Å². The number of thiophene rings is 1. The molecule has 5 aromatic rings. The molecular formula is C39H30F5N5O4S. The molecule has 9 nitrogen and oxygen atoms in total. The lowest BCUT2D eigenvalue weighted by Gasteiger charge is -2.53. The predicted molar refractivity (Wildman–Crippen MR) is 193 cm³/mol. The Morgan fingerprint density at radius 1 is 0.815 bits per heavy atom. The lowest BCUT2D eigenvalue weighted by Crippen LogP contribution is -2.59. The molecule has 0 atom stereocenters. The van der Waals surface area contributed by atoms with Gasteiger partial charge in [0, 0.05) is 66.7 Å². The van der Waals surface area contributed by atoms with Crippen LogP contribution in [0.15, 0.2) is 72.9 Å². The number of halogens is 5. The Labute approximate surface area is 309 Å². The molecule has 15 heteroatoms. The molecule has 0 unspecified atom stereocenters. The van der Waals surface area contributed by atoms with Crippen LogP contribution in [0.1, 0.15) is 48.8 Å². The van der Waals surface area contributed by atoms with E-state index in [9.17, 15) is 31.9 Å². The first-order valence-corrected chi connectivity index (χ1v) is 17.9. The third-order valence-corrected chi connectivity index (χ3v) is 11.3. The zero-order chi connectivity index (χ0) is 37.7. The fourth-order valence-electron chi connectivity index (χ4n) is 7.22. The third-order valence-electron chi connectivity index (χ3n) is 10.1. The minimum absolute atomic E-state index is 0.0454. The van der Waals surface area contributed by atoms with E-state index >= 15 is 4.39 Å². The number of carbonyl (C=O) groups is 3. The summed E-state index contributed by atoms with van der Waals surface area (Å²) in [6.45, 7) is 2.89. The maximum atomic E-state index is 15.6. The summed E-state index contributed by atoms with van der Waals surface area (Å²) in [5, 5.41) is 5.02. The first-order chi connectivity index (χ1) is 26.0.